The highest BCUT2D eigenvalue weighted by molar-refractivity contribution is 6.02. The van der Waals surface area contributed by atoms with E-state index in [1.807, 2.05) is 73.7 Å². The number of benzene rings is 3. The molecule has 0 aliphatic heterocycles. The zero-order valence-electron chi connectivity index (χ0n) is 12.4. The first-order valence-electron chi connectivity index (χ1n) is 7.20. The van der Waals surface area contributed by atoms with Gasteiger partial charge in [-0.2, -0.15) is 0 Å². The Balaban J connectivity index is 1.70. The quantitative estimate of drug-likeness (QED) is 0.783. The molecule has 0 heterocycles. The van der Waals surface area contributed by atoms with Crippen LogP contribution in [0.15, 0.2) is 66.7 Å². The third-order valence-corrected chi connectivity index (χ3v) is 3.52. The maximum absolute atomic E-state index is 12.1. The van der Waals surface area contributed by atoms with Crippen LogP contribution in [0.4, 0.5) is 5.69 Å². The summed E-state index contributed by atoms with van der Waals surface area (Å²) in [7, 11) is 0. The Kier molecular flexibility index (Phi) is 4.05. The molecule has 0 bridgehead atoms. The second-order valence-corrected chi connectivity index (χ2v) is 5.13. The predicted octanol–water partition coefficient (Wildman–Crippen LogP) is 4.17. The van der Waals surface area contributed by atoms with Gasteiger partial charge in [-0.1, -0.05) is 54.6 Å². The monoisotopic (exact) mass is 291 g/mol. The van der Waals surface area contributed by atoms with E-state index in [0.717, 1.165) is 27.8 Å². The maximum Gasteiger partial charge on any atom is 0.262 e. The molecule has 0 aliphatic carbocycles. The number of nitrogens with one attached hydrogen (secondary N) is 1. The van der Waals surface area contributed by atoms with Gasteiger partial charge in [-0.25, -0.2) is 0 Å². The summed E-state index contributed by atoms with van der Waals surface area (Å²) in [6, 6.07) is 21.5. The van der Waals surface area contributed by atoms with Crippen LogP contribution in [-0.4, -0.2) is 12.5 Å². The summed E-state index contributed by atoms with van der Waals surface area (Å²) in [5.41, 5.74) is 1.82. The van der Waals surface area contributed by atoms with E-state index < -0.39 is 0 Å². The number of rotatable bonds is 4. The molecule has 0 saturated carbocycles. The highest BCUT2D eigenvalue weighted by Gasteiger charge is 2.07. The van der Waals surface area contributed by atoms with Crippen molar-refractivity contribution >= 4 is 22.4 Å². The summed E-state index contributed by atoms with van der Waals surface area (Å²) < 4.78 is 5.57. The number of aryl methyl sites for hydroxylation is 1. The number of ether oxygens (including phenoxy) is 1. The number of carbonyl (C=O) groups is 1. The first kappa shape index (κ1) is 14.1. The summed E-state index contributed by atoms with van der Waals surface area (Å²) >= 11 is 0. The van der Waals surface area contributed by atoms with Gasteiger partial charge in [0.15, 0.2) is 6.61 Å². The Morgan fingerprint density at radius 1 is 0.955 bits per heavy atom. The van der Waals surface area contributed by atoms with Crippen molar-refractivity contribution in [3.8, 4) is 5.75 Å². The van der Waals surface area contributed by atoms with Gasteiger partial charge in [-0.3, -0.25) is 4.79 Å². The normalized spacial score (nSPS) is 10.4. The van der Waals surface area contributed by atoms with Crippen LogP contribution in [0.3, 0.4) is 0 Å². The standard InChI is InChI=1S/C19H17NO2/c1-14-7-2-5-12-18(14)22-13-19(21)20-17-11-6-9-15-8-3-4-10-16(15)17/h2-12H,13H2,1H3,(H,20,21). The average molecular weight is 291 g/mol. The minimum Gasteiger partial charge on any atom is -0.483 e. The van der Waals surface area contributed by atoms with Crippen molar-refractivity contribution in [2.24, 2.45) is 0 Å². The molecule has 3 nitrogen and oxygen atoms in total. The summed E-state index contributed by atoms with van der Waals surface area (Å²) in [5.74, 6) is 0.565. The molecule has 0 fully saturated rings. The van der Waals surface area contributed by atoms with Crippen LogP contribution in [0.1, 0.15) is 5.56 Å². The van der Waals surface area contributed by atoms with Crippen molar-refractivity contribution in [2.45, 2.75) is 6.92 Å². The number of fused-ring (bicyclic) bond motifs is 1. The van der Waals surface area contributed by atoms with E-state index in [2.05, 4.69) is 5.32 Å². The molecule has 0 atom stereocenters. The molecule has 22 heavy (non-hydrogen) atoms. The Hall–Kier alpha value is -2.81. The largest absolute Gasteiger partial charge is 0.483 e. The molecule has 3 aromatic carbocycles. The summed E-state index contributed by atoms with van der Waals surface area (Å²) in [5, 5.41) is 5.03. The first-order chi connectivity index (χ1) is 10.7. The van der Waals surface area contributed by atoms with Crippen LogP contribution < -0.4 is 10.1 Å². The SMILES string of the molecule is Cc1ccccc1OCC(=O)Nc1cccc2ccccc12. The molecule has 3 rings (SSSR count). The van der Waals surface area contributed by atoms with Gasteiger partial charge in [0.1, 0.15) is 5.75 Å². The third-order valence-electron chi connectivity index (χ3n) is 3.52. The average Bonchev–Trinajstić information content (AvgIpc) is 2.54. The molecule has 0 aromatic heterocycles. The van der Waals surface area contributed by atoms with Crippen LogP contribution in [0.5, 0.6) is 5.75 Å². The fourth-order valence-corrected chi connectivity index (χ4v) is 2.38. The maximum atomic E-state index is 12.1. The lowest BCUT2D eigenvalue weighted by Gasteiger charge is -2.11. The van der Waals surface area contributed by atoms with Crippen molar-refractivity contribution in [1.82, 2.24) is 0 Å². The predicted molar refractivity (Wildman–Crippen MR) is 89.3 cm³/mol. The van der Waals surface area contributed by atoms with E-state index in [-0.39, 0.29) is 12.5 Å². The van der Waals surface area contributed by atoms with Gasteiger partial charge >= 0.3 is 0 Å². The Morgan fingerprint density at radius 2 is 1.68 bits per heavy atom. The van der Waals surface area contributed by atoms with Crippen LogP contribution in [0.2, 0.25) is 0 Å². The van der Waals surface area contributed by atoms with Crippen molar-refractivity contribution in [3.05, 3.63) is 72.3 Å². The van der Waals surface area contributed by atoms with Gasteiger partial charge in [0, 0.05) is 11.1 Å². The summed E-state index contributed by atoms with van der Waals surface area (Å²) in [6.07, 6.45) is 0. The Morgan fingerprint density at radius 3 is 2.55 bits per heavy atom. The lowest BCUT2D eigenvalue weighted by Crippen LogP contribution is -2.20. The molecular formula is C19H17NO2. The number of hydrogen-bond donors (Lipinski definition) is 1. The molecule has 3 heteroatoms. The Bertz CT molecular complexity index is 806. The molecule has 110 valence electrons. The van der Waals surface area contributed by atoms with Crippen molar-refractivity contribution in [1.29, 1.82) is 0 Å². The number of hydrogen-bond acceptors (Lipinski definition) is 2. The topological polar surface area (TPSA) is 38.3 Å². The van der Waals surface area contributed by atoms with E-state index in [4.69, 9.17) is 4.74 Å². The van der Waals surface area contributed by atoms with Crippen molar-refractivity contribution < 1.29 is 9.53 Å². The Labute approximate surface area is 129 Å². The van der Waals surface area contributed by atoms with E-state index in [1.54, 1.807) is 0 Å². The zero-order chi connectivity index (χ0) is 15.4. The van der Waals surface area contributed by atoms with Gasteiger partial charge in [-0.05, 0) is 30.0 Å². The van der Waals surface area contributed by atoms with Crippen LogP contribution in [0.25, 0.3) is 10.8 Å². The van der Waals surface area contributed by atoms with Crippen molar-refractivity contribution in [3.63, 3.8) is 0 Å². The van der Waals surface area contributed by atoms with Crippen LogP contribution in [-0.2, 0) is 4.79 Å². The van der Waals surface area contributed by atoms with E-state index in [0.29, 0.717) is 0 Å². The smallest absolute Gasteiger partial charge is 0.262 e. The minimum atomic E-state index is -0.167. The fraction of sp³-hybridized carbons (Fsp3) is 0.105. The molecule has 1 N–H and O–H groups in total. The van der Waals surface area contributed by atoms with Crippen LogP contribution >= 0.6 is 0 Å². The van der Waals surface area contributed by atoms with Gasteiger partial charge in [0.05, 0.1) is 0 Å². The lowest BCUT2D eigenvalue weighted by atomic mass is 10.1. The van der Waals surface area contributed by atoms with Gasteiger partial charge in [0.25, 0.3) is 5.91 Å². The second-order valence-electron chi connectivity index (χ2n) is 5.13. The van der Waals surface area contributed by atoms with Gasteiger partial charge < -0.3 is 10.1 Å². The highest BCUT2D eigenvalue weighted by atomic mass is 16.5. The number of anilines is 1. The minimum absolute atomic E-state index is 0.00588. The van der Waals surface area contributed by atoms with E-state index in [9.17, 15) is 4.79 Å². The number of carbonyl (C=O) groups excluding carboxylic acids is 1. The molecular weight excluding hydrogens is 274 g/mol. The third kappa shape index (κ3) is 3.09. The fourth-order valence-electron chi connectivity index (χ4n) is 2.38. The van der Waals surface area contributed by atoms with Gasteiger partial charge in [0.2, 0.25) is 0 Å². The molecule has 0 aliphatic rings. The highest BCUT2D eigenvalue weighted by Crippen LogP contribution is 2.23. The second kappa shape index (κ2) is 6.31. The number of amides is 1. The van der Waals surface area contributed by atoms with Crippen LogP contribution in [0, 0.1) is 6.92 Å². The number of para-hydroxylation sites is 1. The lowest BCUT2D eigenvalue weighted by molar-refractivity contribution is -0.118. The summed E-state index contributed by atoms with van der Waals surface area (Å²) in [6.45, 7) is 1.95. The van der Waals surface area contributed by atoms with Crippen molar-refractivity contribution in [2.75, 3.05) is 11.9 Å². The zero-order valence-corrected chi connectivity index (χ0v) is 12.4. The molecule has 0 unspecified atom stereocenters. The molecule has 0 saturated heterocycles. The van der Waals surface area contributed by atoms with E-state index in [1.165, 1.54) is 0 Å². The molecule has 0 radical (unpaired) electrons. The van der Waals surface area contributed by atoms with Gasteiger partial charge in [-0.15, -0.1) is 0 Å². The first-order valence-corrected chi connectivity index (χ1v) is 7.20. The summed E-state index contributed by atoms with van der Waals surface area (Å²) in [4.78, 5) is 12.1. The van der Waals surface area contributed by atoms with E-state index >= 15 is 0 Å². The molecule has 3 aromatic rings. The molecule has 0 spiro atoms. The molecule has 1 amide bonds.